The second kappa shape index (κ2) is 10.8. The Labute approximate surface area is 201 Å². The van der Waals surface area contributed by atoms with Gasteiger partial charge in [0.25, 0.3) is 0 Å². The molecule has 12 heteroatoms. The van der Waals surface area contributed by atoms with Gasteiger partial charge in [-0.05, 0) is 49.6 Å². The number of carbonyl (C=O) groups excluding carboxylic acids is 2. The molecular weight excluding hydrogens is 502 g/mol. The molecule has 0 heterocycles. The number of aryl methyl sites for hydroxylation is 2. The van der Waals surface area contributed by atoms with E-state index in [9.17, 15) is 44.7 Å². The van der Waals surface area contributed by atoms with Crippen LogP contribution >= 0.6 is 0 Å². The van der Waals surface area contributed by atoms with Crippen molar-refractivity contribution in [2.24, 2.45) is 0 Å². The van der Waals surface area contributed by atoms with Gasteiger partial charge in [0.15, 0.2) is 11.6 Å². The highest BCUT2D eigenvalue weighted by molar-refractivity contribution is 5.99. The highest BCUT2D eigenvalue weighted by Gasteiger charge is 2.73. The van der Waals surface area contributed by atoms with Crippen molar-refractivity contribution >= 4 is 17.4 Å². The minimum Gasteiger partial charge on any atom is -0.466 e. The molecule has 0 saturated carbocycles. The van der Waals surface area contributed by atoms with Gasteiger partial charge >= 0.3 is 24.0 Å². The number of anilines is 1. The van der Waals surface area contributed by atoms with Gasteiger partial charge in [0, 0.05) is 18.5 Å². The summed E-state index contributed by atoms with van der Waals surface area (Å²) in [5.41, 5.74) is -8.09. The number of benzene rings is 2. The lowest BCUT2D eigenvalue weighted by Crippen LogP contribution is -2.50. The van der Waals surface area contributed by atoms with Crippen molar-refractivity contribution in [2.45, 2.75) is 51.6 Å². The van der Waals surface area contributed by atoms with Gasteiger partial charge in [0.05, 0.1) is 24.3 Å². The highest BCUT2D eigenvalue weighted by Crippen LogP contribution is 2.53. The van der Waals surface area contributed by atoms with Gasteiger partial charge in [0.1, 0.15) is 0 Å². The summed E-state index contributed by atoms with van der Waals surface area (Å²) < 4.78 is 113. The molecule has 0 saturated heterocycles. The van der Waals surface area contributed by atoms with Gasteiger partial charge in [-0.25, -0.2) is 8.78 Å². The lowest BCUT2D eigenvalue weighted by atomic mass is 9.87. The maximum Gasteiger partial charge on any atom is 0.435 e. The summed E-state index contributed by atoms with van der Waals surface area (Å²) in [7, 11) is 0. The normalized spacial score (nSPS) is 12.4. The molecule has 36 heavy (non-hydrogen) atoms. The van der Waals surface area contributed by atoms with Crippen LogP contribution in [0.25, 0.3) is 0 Å². The Morgan fingerprint density at radius 3 is 2.00 bits per heavy atom. The number of carbonyl (C=O) groups is 2. The lowest BCUT2D eigenvalue weighted by Gasteiger charge is -2.31. The first-order valence-corrected chi connectivity index (χ1v) is 10.7. The van der Waals surface area contributed by atoms with Crippen molar-refractivity contribution in [2.75, 3.05) is 18.5 Å². The number of hydrogen-bond donors (Lipinski definition) is 1. The second-order valence-electron chi connectivity index (χ2n) is 7.99. The summed E-state index contributed by atoms with van der Waals surface area (Å²) in [5.74, 6) is -2.27. The zero-order valence-electron chi connectivity index (χ0n) is 19.5. The number of nitrogens with one attached hydrogen (secondary N) is 1. The van der Waals surface area contributed by atoms with E-state index in [1.807, 2.05) is 0 Å². The van der Waals surface area contributed by atoms with E-state index >= 15 is 0 Å². The zero-order chi connectivity index (χ0) is 27.5. The van der Waals surface area contributed by atoms with E-state index in [0.29, 0.717) is 12.1 Å². The summed E-state index contributed by atoms with van der Waals surface area (Å²) in [5, 5.41) is 2.65. The summed E-state index contributed by atoms with van der Waals surface area (Å²) in [6.45, 7) is 4.08. The zero-order valence-corrected chi connectivity index (χ0v) is 19.5. The standard InChI is InChI=1S/C24H23F8NO3/c1-4-36-20(35)8-9-33-18-7-5-6-16(21(18)25)19(34)12-17-13(2)10-15(11-14(17)3)22(26,23(27,28)29)24(30,31)32/h5-7,10-11,33H,4,8-9,12H2,1-3H3. The van der Waals surface area contributed by atoms with Crippen LogP contribution in [0.2, 0.25) is 0 Å². The molecule has 0 unspecified atom stereocenters. The lowest BCUT2D eigenvalue weighted by molar-refractivity contribution is -0.348. The predicted molar refractivity (Wildman–Crippen MR) is 115 cm³/mol. The van der Waals surface area contributed by atoms with Gasteiger partial charge in [-0.15, -0.1) is 0 Å². The number of esters is 1. The maximum absolute atomic E-state index is 14.9. The van der Waals surface area contributed by atoms with Crippen LogP contribution in [0.15, 0.2) is 30.3 Å². The molecule has 0 spiro atoms. The first-order valence-electron chi connectivity index (χ1n) is 10.7. The first kappa shape index (κ1) is 29.1. The minimum atomic E-state index is -6.27. The Morgan fingerprint density at radius 2 is 1.50 bits per heavy atom. The van der Waals surface area contributed by atoms with Crippen molar-refractivity contribution in [3.05, 3.63) is 64.0 Å². The SMILES string of the molecule is CCOC(=O)CCNc1cccc(C(=O)Cc2c(C)cc(C(F)(C(F)(F)F)C(F)(F)F)cc2C)c1F. The van der Waals surface area contributed by atoms with Gasteiger partial charge in [-0.2, -0.15) is 26.3 Å². The number of alkyl halides is 7. The molecule has 2 aromatic rings. The van der Waals surface area contributed by atoms with Gasteiger partial charge < -0.3 is 10.1 Å². The number of ketones is 1. The fourth-order valence-corrected chi connectivity index (χ4v) is 3.63. The molecule has 0 aliphatic carbocycles. The molecule has 0 bridgehead atoms. The van der Waals surface area contributed by atoms with E-state index in [1.165, 1.54) is 12.1 Å². The highest BCUT2D eigenvalue weighted by atomic mass is 19.4. The van der Waals surface area contributed by atoms with Crippen molar-refractivity contribution in [3.8, 4) is 0 Å². The summed E-state index contributed by atoms with van der Waals surface area (Å²) in [6, 6.07) is 4.61. The molecule has 0 fully saturated rings. The predicted octanol–water partition coefficient (Wildman–Crippen LogP) is 6.52. The topological polar surface area (TPSA) is 55.4 Å². The van der Waals surface area contributed by atoms with Gasteiger partial charge in [-0.1, -0.05) is 18.2 Å². The molecule has 0 radical (unpaired) electrons. The van der Waals surface area contributed by atoms with Crippen molar-refractivity contribution < 1.29 is 49.4 Å². The van der Waals surface area contributed by atoms with E-state index in [2.05, 4.69) is 5.32 Å². The average molecular weight is 525 g/mol. The van der Waals surface area contributed by atoms with Crippen LogP contribution in [-0.2, 0) is 21.6 Å². The molecule has 0 amide bonds. The van der Waals surface area contributed by atoms with Crippen molar-refractivity contribution in [1.82, 2.24) is 0 Å². The number of ether oxygens (including phenoxy) is 1. The van der Waals surface area contributed by atoms with Gasteiger partial charge in [0.2, 0.25) is 0 Å². The number of Topliss-reactive ketones (excluding diaryl/α,β-unsaturated/α-hetero) is 1. The van der Waals surface area contributed by atoms with Crippen molar-refractivity contribution in [3.63, 3.8) is 0 Å². The summed E-state index contributed by atoms with van der Waals surface area (Å²) in [6.07, 6.45) is -13.2. The Balaban J connectivity index is 2.32. The smallest absolute Gasteiger partial charge is 0.435 e. The van der Waals surface area contributed by atoms with Crippen LogP contribution in [0.1, 0.15) is 46.0 Å². The molecule has 0 aliphatic heterocycles. The van der Waals surface area contributed by atoms with Crippen LogP contribution in [0.4, 0.5) is 40.8 Å². The van der Waals surface area contributed by atoms with E-state index in [1.54, 1.807) is 6.92 Å². The number of halogens is 8. The molecule has 198 valence electrons. The third-order valence-corrected chi connectivity index (χ3v) is 5.46. The molecule has 0 atom stereocenters. The second-order valence-corrected chi connectivity index (χ2v) is 7.99. The summed E-state index contributed by atoms with van der Waals surface area (Å²) >= 11 is 0. The minimum absolute atomic E-state index is 0.0104. The van der Waals surface area contributed by atoms with Crippen molar-refractivity contribution in [1.29, 1.82) is 0 Å². The van der Waals surface area contributed by atoms with Gasteiger partial charge in [-0.3, -0.25) is 9.59 Å². The number of hydrogen-bond acceptors (Lipinski definition) is 4. The first-order chi connectivity index (χ1) is 16.5. The van der Waals surface area contributed by atoms with Crippen LogP contribution in [0, 0.1) is 19.7 Å². The van der Waals surface area contributed by atoms with E-state index in [4.69, 9.17) is 4.74 Å². The fourth-order valence-electron chi connectivity index (χ4n) is 3.63. The monoisotopic (exact) mass is 525 g/mol. The third kappa shape index (κ3) is 5.96. The fraction of sp³-hybridized carbons (Fsp3) is 0.417. The third-order valence-electron chi connectivity index (χ3n) is 5.46. The molecular formula is C24H23F8NO3. The Hall–Kier alpha value is -3.18. The molecule has 1 N–H and O–H groups in total. The maximum atomic E-state index is 14.9. The Bertz CT molecular complexity index is 1090. The largest absolute Gasteiger partial charge is 0.466 e. The molecule has 0 aromatic heterocycles. The number of rotatable bonds is 9. The molecule has 2 aromatic carbocycles. The Morgan fingerprint density at radius 1 is 0.944 bits per heavy atom. The van der Waals surface area contributed by atoms with Crippen LogP contribution in [0.5, 0.6) is 0 Å². The summed E-state index contributed by atoms with van der Waals surface area (Å²) in [4.78, 5) is 24.2. The van der Waals surface area contributed by atoms with E-state index in [0.717, 1.165) is 19.9 Å². The quantitative estimate of drug-likeness (QED) is 0.230. The average Bonchev–Trinajstić information content (AvgIpc) is 2.75. The molecule has 4 nitrogen and oxygen atoms in total. The van der Waals surface area contributed by atoms with Crippen LogP contribution in [0.3, 0.4) is 0 Å². The van der Waals surface area contributed by atoms with E-state index < -0.39 is 47.6 Å². The van der Waals surface area contributed by atoms with E-state index in [-0.39, 0.29) is 47.5 Å². The van der Waals surface area contributed by atoms with Crippen LogP contribution < -0.4 is 5.32 Å². The van der Waals surface area contributed by atoms with Crippen LogP contribution in [-0.4, -0.2) is 37.3 Å². The molecule has 2 rings (SSSR count). The Kier molecular flexibility index (Phi) is 8.74. The molecule has 0 aliphatic rings.